The van der Waals surface area contributed by atoms with Gasteiger partial charge in [0.1, 0.15) is 17.2 Å². The number of hydrogen-bond acceptors (Lipinski definition) is 1. The molecule has 0 spiro atoms. The number of nitrogens with zero attached hydrogens (tertiary/aromatic N) is 2. The Labute approximate surface area is 125 Å². The number of aromatic nitrogens is 2. The van der Waals surface area contributed by atoms with Gasteiger partial charge in [0.25, 0.3) is 0 Å². The summed E-state index contributed by atoms with van der Waals surface area (Å²) in [4.78, 5) is 4.45. The van der Waals surface area contributed by atoms with Crippen molar-refractivity contribution in [3.05, 3.63) is 58.6 Å². The van der Waals surface area contributed by atoms with Crippen molar-refractivity contribution in [1.29, 1.82) is 0 Å². The van der Waals surface area contributed by atoms with Gasteiger partial charge < -0.3 is 0 Å². The van der Waals surface area contributed by atoms with E-state index in [0.29, 0.717) is 21.9 Å². The number of para-hydroxylation sites is 1. The molecule has 2 nitrogen and oxygen atoms in total. The Morgan fingerprint density at radius 1 is 1.20 bits per heavy atom. The Bertz CT molecular complexity index is 796. The van der Waals surface area contributed by atoms with E-state index in [2.05, 4.69) is 4.98 Å². The molecule has 0 N–H and O–H groups in total. The van der Waals surface area contributed by atoms with E-state index in [1.807, 2.05) is 22.8 Å². The van der Waals surface area contributed by atoms with Gasteiger partial charge in [-0.25, -0.2) is 9.37 Å². The van der Waals surface area contributed by atoms with Gasteiger partial charge in [-0.3, -0.25) is 4.57 Å². The zero-order valence-electron chi connectivity index (χ0n) is 10.7. The first-order chi connectivity index (χ1) is 9.63. The first kappa shape index (κ1) is 13.4. The fourth-order valence-corrected chi connectivity index (χ4v) is 2.70. The van der Waals surface area contributed by atoms with E-state index in [4.69, 9.17) is 23.2 Å². The predicted molar refractivity (Wildman–Crippen MR) is 80.3 cm³/mol. The van der Waals surface area contributed by atoms with Crippen molar-refractivity contribution in [3.63, 3.8) is 0 Å². The minimum Gasteiger partial charge on any atom is -0.295 e. The van der Waals surface area contributed by atoms with Crippen LogP contribution in [-0.2, 0) is 5.88 Å². The van der Waals surface area contributed by atoms with Gasteiger partial charge in [-0.15, -0.1) is 11.6 Å². The second-order valence-electron chi connectivity index (χ2n) is 4.49. The molecule has 0 amide bonds. The molecule has 0 aliphatic rings. The minimum absolute atomic E-state index is 0.223. The highest BCUT2D eigenvalue weighted by atomic mass is 35.5. The van der Waals surface area contributed by atoms with Crippen molar-refractivity contribution in [2.24, 2.45) is 0 Å². The van der Waals surface area contributed by atoms with Crippen LogP contribution >= 0.6 is 23.2 Å². The highest BCUT2D eigenvalue weighted by molar-refractivity contribution is 6.35. The molecule has 0 unspecified atom stereocenters. The van der Waals surface area contributed by atoms with Crippen LogP contribution in [0.25, 0.3) is 16.7 Å². The highest BCUT2D eigenvalue weighted by Gasteiger charge is 2.16. The Balaban J connectivity index is 2.41. The Hall–Kier alpha value is -1.58. The Morgan fingerprint density at radius 2 is 1.95 bits per heavy atom. The van der Waals surface area contributed by atoms with Crippen molar-refractivity contribution < 1.29 is 4.39 Å². The summed E-state index contributed by atoms with van der Waals surface area (Å²) in [5.41, 5.74) is 2.78. The maximum atomic E-state index is 13.8. The maximum Gasteiger partial charge on any atom is 0.129 e. The SMILES string of the molecule is Cc1c(F)cccc1-n1c(CCl)nc2c(Cl)cccc21. The molecule has 5 heteroatoms. The number of hydrogen-bond donors (Lipinski definition) is 0. The lowest BCUT2D eigenvalue weighted by molar-refractivity contribution is 0.617. The van der Waals surface area contributed by atoms with Crippen LogP contribution in [0.3, 0.4) is 0 Å². The van der Waals surface area contributed by atoms with Crippen LogP contribution in [-0.4, -0.2) is 9.55 Å². The summed E-state index contributed by atoms with van der Waals surface area (Å²) in [5.74, 6) is 0.608. The fourth-order valence-electron chi connectivity index (χ4n) is 2.31. The molecule has 0 bridgehead atoms. The summed E-state index contributed by atoms with van der Waals surface area (Å²) >= 11 is 12.1. The smallest absolute Gasteiger partial charge is 0.129 e. The summed E-state index contributed by atoms with van der Waals surface area (Å²) in [7, 11) is 0. The van der Waals surface area contributed by atoms with Gasteiger partial charge in [0.15, 0.2) is 0 Å². The van der Waals surface area contributed by atoms with Crippen molar-refractivity contribution in [2.75, 3.05) is 0 Å². The minimum atomic E-state index is -0.257. The van der Waals surface area contributed by atoms with E-state index in [0.717, 1.165) is 11.2 Å². The average Bonchev–Trinajstić information content (AvgIpc) is 2.82. The van der Waals surface area contributed by atoms with Crippen LogP contribution in [0.15, 0.2) is 36.4 Å². The molecule has 0 aliphatic heterocycles. The van der Waals surface area contributed by atoms with Gasteiger partial charge in [-0.1, -0.05) is 23.7 Å². The van der Waals surface area contributed by atoms with Crippen molar-refractivity contribution in [1.82, 2.24) is 9.55 Å². The van der Waals surface area contributed by atoms with Crippen LogP contribution in [0.2, 0.25) is 5.02 Å². The molecule has 3 rings (SSSR count). The third-order valence-corrected chi connectivity index (χ3v) is 3.85. The number of imidazole rings is 1. The number of benzene rings is 2. The first-order valence-corrected chi connectivity index (χ1v) is 7.02. The third kappa shape index (κ3) is 1.98. The van der Waals surface area contributed by atoms with E-state index < -0.39 is 0 Å². The molecule has 0 radical (unpaired) electrons. The maximum absolute atomic E-state index is 13.8. The molecule has 0 saturated carbocycles. The lowest BCUT2D eigenvalue weighted by Crippen LogP contribution is -2.02. The monoisotopic (exact) mass is 308 g/mol. The summed E-state index contributed by atoms with van der Waals surface area (Å²) in [6.07, 6.45) is 0. The quantitative estimate of drug-likeness (QED) is 0.618. The lowest BCUT2D eigenvalue weighted by atomic mass is 10.2. The second kappa shape index (κ2) is 5.08. The van der Waals surface area contributed by atoms with Gasteiger partial charge in [0.2, 0.25) is 0 Å². The molecular weight excluding hydrogens is 298 g/mol. The lowest BCUT2D eigenvalue weighted by Gasteiger charge is -2.11. The molecular formula is C15H11Cl2FN2. The van der Waals surface area contributed by atoms with Crippen molar-refractivity contribution in [3.8, 4) is 5.69 Å². The zero-order chi connectivity index (χ0) is 14.3. The average molecular weight is 309 g/mol. The molecule has 3 aromatic rings. The van der Waals surface area contributed by atoms with Crippen LogP contribution in [0.1, 0.15) is 11.4 Å². The van der Waals surface area contributed by atoms with E-state index >= 15 is 0 Å². The fraction of sp³-hybridized carbons (Fsp3) is 0.133. The molecule has 20 heavy (non-hydrogen) atoms. The number of alkyl halides is 1. The topological polar surface area (TPSA) is 17.8 Å². The molecule has 0 atom stereocenters. The van der Waals surface area contributed by atoms with Gasteiger partial charge in [-0.2, -0.15) is 0 Å². The Kier molecular flexibility index (Phi) is 3.40. The predicted octanol–water partition coefficient (Wildman–Crippen LogP) is 4.87. The normalized spacial score (nSPS) is 11.2. The summed E-state index contributed by atoms with van der Waals surface area (Å²) in [6, 6.07) is 10.5. The largest absolute Gasteiger partial charge is 0.295 e. The number of halogens is 3. The molecule has 0 saturated heterocycles. The van der Waals surface area contributed by atoms with Crippen LogP contribution in [0.5, 0.6) is 0 Å². The zero-order valence-corrected chi connectivity index (χ0v) is 12.2. The first-order valence-electron chi connectivity index (χ1n) is 6.10. The molecule has 0 fully saturated rings. The van der Waals surface area contributed by atoms with E-state index in [1.165, 1.54) is 6.07 Å². The highest BCUT2D eigenvalue weighted by Crippen LogP contribution is 2.29. The third-order valence-electron chi connectivity index (χ3n) is 3.30. The van der Waals surface area contributed by atoms with E-state index in [-0.39, 0.29) is 11.7 Å². The van der Waals surface area contributed by atoms with Crippen molar-refractivity contribution in [2.45, 2.75) is 12.8 Å². The van der Waals surface area contributed by atoms with Crippen LogP contribution in [0.4, 0.5) is 4.39 Å². The number of fused-ring (bicyclic) bond motifs is 1. The standard InChI is InChI=1S/C15H11Cl2FN2/c1-9-11(18)5-3-6-12(9)20-13-7-2-4-10(17)15(13)19-14(20)8-16/h2-7H,8H2,1H3. The molecule has 1 heterocycles. The molecule has 0 aliphatic carbocycles. The number of rotatable bonds is 2. The molecule has 102 valence electrons. The van der Waals surface area contributed by atoms with E-state index in [1.54, 1.807) is 19.1 Å². The Morgan fingerprint density at radius 3 is 2.70 bits per heavy atom. The molecule has 2 aromatic carbocycles. The summed E-state index contributed by atoms with van der Waals surface area (Å²) in [6.45, 7) is 1.74. The van der Waals surface area contributed by atoms with Crippen LogP contribution in [0, 0.1) is 12.7 Å². The van der Waals surface area contributed by atoms with Gasteiger partial charge in [0, 0.05) is 5.56 Å². The molecule has 1 aromatic heterocycles. The van der Waals surface area contributed by atoms with Gasteiger partial charge in [-0.05, 0) is 31.2 Å². The van der Waals surface area contributed by atoms with Gasteiger partial charge >= 0.3 is 0 Å². The van der Waals surface area contributed by atoms with Crippen molar-refractivity contribution >= 4 is 34.2 Å². The summed E-state index contributed by atoms with van der Waals surface area (Å²) in [5, 5.41) is 0.557. The van der Waals surface area contributed by atoms with Gasteiger partial charge in [0.05, 0.1) is 22.1 Å². The summed E-state index contributed by atoms with van der Waals surface area (Å²) < 4.78 is 15.6. The van der Waals surface area contributed by atoms with Crippen LogP contribution < -0.4 is 0 Å². The van der Waals surface area contributed by atoms with E-state index in [9.17, 15) is 4.39 Å². The second-order valence-corrected chi connectivity index (χ2v) is 5.16.